The summed E-state index contributed by atoms with van der Waals surface area (Å²) in [6, 6.07) is 1.27. The largest absolute Gasteiger partial charge is 0.312 e. The average molecular weight is 225 g/mol. The molecule has 1 fully saturated rings. The second-order valence-electron chi connectivity index (χ2n) is 5.86. The Morgan fingerprint density at radius 1 is 1.12 bits per heavy atom. The third-order valence-electron chi connectivity index (χ3n) is 3.55. The maximum atomic E-state index is 11.7. The van der Waals surface area contributed by atoms with Crippen LogP contribution in [-0.4, -0.2) is 17.9 Å². The third kappa shape index (κ3) is 4.65. The summed E-state index contributed by atoms with van der Waals surface area (Å²) >= 11 is 0. The van der Waals surface area contributed by atoms with E-state index in [1.165, 1.54) is 25.7 Å². The predicted molar refractivity (Wildman–Crippen MR) is 68.5 cm³/mol. The van der Waals surface area contributed by atoms with E-state index in [1.54, 1.807) is 0 Å². The number of carbonyl (C=O) groups excluding carboxylic acids is 1. The molecule has 2 heteroatoms. The molecule has 2 nitrogen and oxygen atoms in total. The minimum atomic E-state index is 0.214. The molecule has 0 saturated heterocycles. The van der Waals surface area contributed by atoms with Gasteiger partial charge in [-0.3, -0.25) is 4.79 Å². The Morgan fingerprint density at radius 3 is 2.12 bits per heavy atom. The van der Waals surface area contributed by atoms with Crippen molar-refractivity contribution < 1.29 is 4.79 Å². The van der Waals surface area contributed by atoms with E-state index in [1.807, 2.05) is 13.8 Å². The molecule has 16 heavy (non-hydrogen) atoms. The van der Waals surface area contributed by atoms with E-state index in [0.717, 1.165) is 6.42 Å². The number of carbonyl (C=O) groups is 1. The van der Waals surface area contributed by atoms with Crippen LogP contribution < -0.4 is 5.32 Å². The van der Waals surface area contributed by atoms with Crippen molar-refractivity contribution in [2.24, 2.45) is 11.8 Å². The highest BCUT2D eigenvalue weighted by Crippen LogP contribution is 2.28. The predicted octanol–water partition coefficient (Wildman–Crippen LogP) is 3.16. The standard InChI is InChI=1S/C14H27NO/c1-10(2)14(16)9-12-5-7-13(8-6-12)15-11(3)4/h10-13,15H,5-9H2,1-4H3/t12-,13+. The fourth-order valence-corrected chi connectivity index (χ4v) is 2.52. The summed E-state index contributed by atoms with van der Waals surface area (Å²) in [6.45, 7) is 8.42. The fourth-order valence-electron chi connectivity index (χ4n) is 2.52. The second kappa shape index (κ2) is 6.39. The highest BCUT2D eigenvalue weighted by atomic mass is 16.1. The first-order valence-electron chi connectivity index (χ1n) is 6.77. The molecule has 1 rings (SSSR count). The molecule has 0 aliphatic heterocycles. The van der Waals surface area contributed by atoms with Crippen LogP contribution in [0.25, 0.3) is 0 Å². The fraction of sp³-hybridized carbons (Fsp3) is 0.929. The van der Waals surface area contributed by atoms with Crippen LogP contribution in [0.3, 0.4) is 0 Å². The molecule has 0 radical (unpaired) electrons. The van der Waals surface area contributed by atoms with Crippen molar-refractivity contribution in [3.63, 3.8) is 0 Å². The topological polar surface area (TPSA) is 29.1 Å². The number of hydrogen-bond donors (Lipinski definition) is 1. The molecule has 0 unspecified atom stereocenters. The van der Waals surface area contributed by atoms with Gasteiger partial charge in [-0.25, -0.2) is 0 Å². The molecule has 1 saturated carbocycles. The second-order valence-corrected chi connectivity index (χ2v) is 5.86. The summed E-state index contributed by atoms with van der Waals surface area (Å²) in [7, 11) is 0. The quantitative estimate of drug-likeness (QED) is 0.778. The van der Waals surface area contributed by atoms with Gasteiger partial charge in [-0.15, -0.1) is 0 Å². The Hall–Kier alpha value is -0.370. The van der Waals surface area contributed by atoms with Crippen molar-refractivity contribution >= 4 is 5.78 Å². The van der Waals surface area contributed by atoms with Crippen LogP contribution >= 0.6 is 0 Å². The van der Waals surface area contributed by atoms with E-state index in [2.05, 4.69) is 19.2 Å². The van der Waals surface area contributed by atoms with Crippen molar-refractivity contribution in [3.8, 4) is 0 Å². The van der Waals surface area contributed by atoms with E-state index in [4.69, 9.17) is 0 Å². The van der Waals surface area contributed by atoms with Crippen molar-refractivity contribution in [2.75, 3.05) is 0 Å². The number of hydrogen-bond acceptors (Lipinski definition) is 2. The molecule has 0 atom stereocenters. The van der Waals surface area contributed by atoms with Crippen LogP contribution in [0.5, 0.6) is 0 Å². The van der Waals surface area contributed by atoms with Crippen LogP contribution in [0.4, 0.5) is 0 Å². The molecule has 1 N–H and O–H groups in total. The molecular formula is C14H27NO. The van der Waals surface area contributed by atoms with Gasteiger partial charge in [0.25, 0.3) is 0 Å². The number of Topliss-reactive ketones (excluding diaryl/α,β-unsaturated/α-hetero) is 1. The molecule has 0 aromatic carbocycles. The minimum absolute atomic E-state index is 0.214. The van der Waals surface area contributed by atoms with Gasteiger partial charge in [-0.05, 0) is 31.6 Å². The molecule has 94 valence electrons. The van der Waals surface area contributed by atoms with Gasteiger partial charge in [0.15, 0.2) is 0 Å². The summed E-state index contributed by atoms with van der Waals surface area (Å²) in [6.07, 6.45) is 5.75. The van der Waals surface area contributed by atoms with E-state index < -0.39 is 0 Å². The van der Waals surface area contributed by atoms with Crippen molar-refractivity contribution in [1.82, 2.24) is 5.32 Å². The zero-order valence-electron chi connectivity index (χ0n) is 11.3. The maximum absolute atomic E-state index is 11.7. The number of nitrogens with one attached hydrogen (secondary N) is 1. The Kier molecular flexibility index (Phi) is 5.47. The highest BCUT2D eigenvalue weighted by Gasteiger charge is 2.23. The van der Waals surface area contributed by atoms with Crippen LogP contribution in [0.2, 0.25) is 0 Å². The van der Waals surface area contributed by atoms with Gasteiger partial charge < -0.3 is 5.32 Å². The van der Waals surface area contributed by atoms with Gasteiger partial charge in [0, 0.05) is 24.4 Å². The van der Waals surface area contributed by atoms with Crippen molar-refractivity contribution in [2.45, 2.75) is 71.9 Å². The summed E-state index contributed by atoms with van der Waals surface area (Å²) < 4.78 is 0. The highest BCUT2D eigenvalue weighted by molar-refractivity contribution is 5.80. The molecule has 0 amide bonds. The summed E-state index contributed by atoms with van der Waals surface area (Å²) in [4.78, 5) is 11.7. The lowest BCUT2D eigenvalue weighted by Crippen LogP contribution is -2.37. The first kappa shape index (κ1) is 13.7. The molecule has 0 bridgehead atoms. The zero-order chi connectivity index (χ0) is 12.1. The SMILES string of the molecule is CC(C)N[C@H]1CC[C@@H](CC(=O)C(C)C)CC1. The van der Waals surface area contributed by atoms with Crippen LogP contribution in [0, 0.1) is 11.8 Å². The van der Waals surface area contributed by atoms with Crippen LogP contribution in [0.1, 0.15) is 59.8 Å². The molecule has 1 aliphatic rings. The van der Waals surface area contributed by atoms with E-state index in [0.29, 0.717) is 23.8 Å². The lowest BCUT2D eigenvalue weighted by Gasteiger charge is -2.30. The third-order valence-corrected chi connectivity index (χ3v) is 3.55. The van der Waals surface area contributed by atoms with Gasteiger partial charge >= 0.3 is 0 Å². The Bertz CT molecular complexity index is 215. The first-order chi connectivity index (χ1) is 7.49. The summed E-state index contributed by atoms with van der Waals surface area (Å²) in [5.74, 6) is 1.31. The van der Waals surface area contributed by atoms with Gasteiger partial charge in [-0.1, -0.05) is 27.7 Å². The van der Waals surface area contributed by atoms with Gasteiger partial charge in [0.1, 0.15) is 5.78 Å². The lowest BCUT2D eigenvalue weighted by molar-refractivity contribution is -0.123. The van der Waals surface area contributed by atoms with Crippen molar-refractivity contribution in [1.29, 1.82) is 0 Å². The van der Waals surface area contributed by atoms with Crippen LogP contribution in [0.15, 0.2) is 0 Å². The minimum Gasteiger partial charge on any atom is -0.312 e. The lowest BCUT2D eigenvalue weighted by atomic mass is 9.81. The van der Waals surface area contributed by atoms with E-state index in [-0.39, 0.29) is 5.92 Å². The Morgan fingerprint density at radius 2 is 1.69 bits per heavy atom. The zero-order valence-corrected chi connectivity index (χ0v) is 11.3. The molecule has 0 heterocycles. The van der Waals surface area contributed by atoms with Gasteiger partial charge in [0.05, 0.1) is 0 Å². The molecule has 1 aliphatic carbocycles. The van der Waals surface area contributed by atoms with Gasteiger partial charge in [-0.2, -0.15) is 0 Å². The van der Waals surface area contributed by atoms with Crippen LogP contribution in [-0.2, 0) is 4.79 Å². The maximum Gasteiger partial charge on any atom is 0.135 e. The van der Waals surface area contributed by atoms with Crippen molar-refractivity contribution in [3.05, 3.63) is 0 Å². The van der Waals surface area contributed by atoms with E-state index in [9.17, 15) is 4.79 Å². The number of ketones is 1. The van der Waals surface area contributed by atoms with Gasteiger partial charge in [0.2, 0.25) is 0 Å². The molecule has 0 aromatic heterocycles. The number of rotatable bonds is 5. The van der Waals surface area contributed by atoms with E-state index >= 15 is 0 Å². The Labute approximate surface area is 100 Å². The average Bonchev–Trinajstić information content (AvgIpc) is 2.20. The molecular weight excluding hydrogens is 198 g/mol. The summed E-state index contributed by atoms with van der Waals surface area (Å²) in [5, 5.41) is 3.59. The molecule has 0 aromatic rings. The first-order valence-corrected chi connectivity index (χ1v) is 6.77. The Balaban J connectivity index is 2.24. The molecule has 0 spiro atoms. The smallest absolute Gasteiger partial charge is 0.135 e. The monoisotopic (exact) mass is 225 g/mol. The normalized spacial score (nSPS) is 26.4. The summed E-state index contributed by atoms with van der Waals surface area (Å²) in [5.41, 5.74) is 0.